The third kappa shape index (κ3) is 5.46. The lowest BCUT2D eigenvalue weighted by atomic mass is 10.0. The van der Waals surface area contributed by atoms with Gasteiger partial charge in [0.1, 0.15) is 10.6 Å². The van der Waals surface area contributed by atoms with Crippen LogP contribution < -0.4 is 4.74 Å². The Bertz CT molecular complexity index is 992. The van der Waals surface area contributed by atoms with Crippen molar-refractivity contribution in [3.63, 3.8) is 0 Å². The molecule has 2 aliphatic rings. The second-order valence-electron chi connectivity index (χ2n) is 8.58. The number of benzene rings is 2. The van der Waals surface area contributed by atoms with E-state index in [0.29, 0.717) is 19.1 Å². The minimum atomic E-state index is -3.56. The van der Waals surface area contributed by atoms with Gasteiger partial charge in [-0.25, -0.2) is 8.42 Å². The summed E-state index contributed by atoms with van der Waals surface area (Å²) >= 11 is 6.18. The molecular formula is C24H32ClN3O3S. The summed E-state index contributed by atoms with van der Waals surface area (Å²) < 4.78 is 33.1. The summed E-state index contributed by atoms with van der Waals surface area (Å²) in [4.78, 5) is 5.21. The molecule has 2 aliphatic heterocycles. The monoisotopic (exact) mass is 477 g/mol. The largest absolute Gasteiger partial charge is 0.497 e. The van der Waals surface area contributed by atoms with Gasteiger partial charge < -0.3 is 4.74 Å². The van der Waals surface area contributed by atoms with E-state index >= 15 is 0 Å². The second kappa shape index (κ2) is 10.5. The van der Waals surface area contributed by atoms with E-state index < -0.39 is 10.0 Å². The maximum absolute atomic E-state index is 13.1. The van der Waals surface area contributed by atoms with Gasteiger partial charge in [0.05, 0.1) is 12.1 Å². The van der Waals surface area contributed by atoms with E-state index in [4.69, 9.17) is 16.3 Å². The van der Waals surface area contributed by atoms with E-state index in [2.05, 4.69) is 21.9 Å². The van der Waals surface area contributed by atoms with Crippen LogP contribution in [0.1, 0.15) is 24.8 Å². The van der Waals surface area contributed by atoms with Crippen molar-refractivity contribution in [2.24, 2.45) is 0 Å². The summed E-state index contributed by atoms with van der Waals surface area (Å²) in [5.74, 6) is 0.888. The van der Waals surface area contributed by atoms with Gasteiger partial charge in [0.2, 0.25) is 10.0 Å². The minimum absolute atomic E-state index is 0.210. The Hall–Kier alpha value is -1.64. The van der Waals surface area contributed by atoms with Gasteiger partial charge in [-0.1, -0.05) is 35.9 Å². The highest BCUT2D eigenvalue weighted by Gasteiger charge is 2.31. The van der Waals surface area contributed by atoms with Crippen LogP contribution in [0.25, 0.3) is 0 Å². The summed E-state index contributed by atoms with van der Waals surface area (Å²) in [6.07, 6.45) is 3.08. The fourth-order valence-electron chi connectivity index (χ4n) is 4.74. The smallest absolute Gasteiger partial charge is 0.244 e. The standard InChI is InChI=1S/C24H32ClN3O3S/c1-31-22-9-7-20(8-10-22)19-26-15-11-21(12-16-26)27-13-4-14-28(18-17-27)32(29,30)24-6-3-2-5-23(24)25/h2-3,5-10,21H,4,11-19H2,1H3. The molecule has 0 N–H and O–H groups in total. The lowest BCUT2D eigenvalue weighted by Gasteiger charge is -2.38. The molecule has 0 saturated carbocycles. The Kier molecular flexibility index (Phi) is 7.74. The van der Waals surface area contributed by atoms with Crippen molar-refractivity contribution in [2.45, 2.75) is 36.7 Å². The maximum Gasteiger partial charge on any atom is 0.244 e. The van der Waals surface area contributed by atoms with Crippen LogP contribution in [0.15, 0.2) is 53.4 Å². The number of rotatable bonds is 6. The average molecular weight is 478 g/mol. The van der Waals surface area contributed by atoms with E-state index in [1.807, 2.05) is 12.1 Å². The fourth-order valence-corrected chi connectivity index (χ4v) is 6.71. The maximum atomic E-state index is 13.1. The molecule has 2 fully saturated rings. The first-order valence-corrected chi connectivity index (χ1v) is 13.1. The molecule has 2 aromatic rings. The van der Waals surface area contributed by atoms with Crippen LogP contribution >= 0.6 is 11.6 Å². The molecule has 2 saturated heterocycles. The number of hydrogen-bond donors (Lipinski definition) is 0. The van der Waals surface area contributed by atoms with Crippen LogP contribution in [0.3, 0.4) is 0 Å². The molecule has 0 radical (unpaired) electrons. The summed E-state index contributed by atoms with van der Waals surface area (Å²) in [7, 11) is -1.87. The average Bonchev–Trinajstić information content (AvgIpc) is 3.07. The van der Waals surface area contributed by atoms with Gasteiger partial charge in [0.25, 0.3) is 0 Å². The number of likely N-dealkylation sites (tertiary alicyclic amines) is 1. The molecule has 0 aliphatic carbocycles. The Morgan fingerprint density at radius 1 is 0.938 bits per heavy atom. The normalized spacial score (nSPS) is 20.2. The Balaban J connectivity index is 1.30. The summed E-state index contributed by atoms with van der Waals surface area (Å²) in [5, 5.41) is 0.290. The highest BCUT2D eigenvalue weighted by Crippen LogP contribution is 2.26. The van der Waals surface area contributed by atoms with Crippen LogP contribution in [0.2, 0.25) is 5.02 Å². The van der Waals surface area contributed by atoms with Crippen molar-refractivity contribution in [3.8, 4) is 5.75 Å². The van der Waals surface area contributed by atoms with Crippen molar-refractivity contribution in [3.05, 3.63) is 59.1 Å². The molecule has 2 aromatic carbocycles. The van der Waals surface area contributed by atoms with Crippen molar-refractivity contribution in [1.82, 2.24) is 14.1 Å². The first-order chi connectivity index (χ1) is 15.5. The molecule has 0 unspecified atom stereocenters. The van der Waals surface area contributed by atoms with Gasteiger partial charge in [-0.05, 0) is 68.7 Å². The topological polar surface area (TPSA) is 53.1 Å². The van der Waals surface area contributed by atoms with E-state index in [-0.39, 0.29) is 9.92 Å². The third-order valence-corrected chi connectivity index (χ3v) is 8.98. The van der Waals surface area contributed by atoms with Gasteiger partial charge >= 0.3 is 0 Å². The summed E-state index contributed by atoms with van der Waals surface area (Å²) in [6.45, 7) is 5.86. The van der Waals surface area contributed by atoms with Crippen molar-refractivity contribution < 1.29 is 13.2 Å². The lowest BCUT2D eigenvalue weighted by Crippen LogP contribution is -2.46. The summed E-state index contributed by atoms with van der Waals surface area (Å²) in [5.41, 5.74) is 1.31. The molecule has 4 rings (SSSR count). The molecule has 0 bridgehead atoms. The van der Waals surface area contributed by atoms with Crippen LogP contribution in [0.5, 0.6) is 5.75 Å². The number of sulfonamides is 1. The van der Waals surface area contributed by atoms with Crippen LogP contribution in [0, 0.1) is 0 Å². The Morgan fingerprint density at radius 2 is 1.66 bits per heavy atom. The number of ether oxygens (including phenoxy) is 1. The predicted molar refractivity (Wildman–Crippen MR) is 128 cm³/mol. The number of halogens is 1. The molecule has 0 aromatic heterocycles. The SMILES string of the molecule is COc1ccc(CN2CCC(N3CCCN(S(=O)(=O)c4ccccc4Cl)CC3)CC2)cc1. The number of hydrogen-bond acceptors (Lipinski definition) is 5. The van der Waals surface area contributed by atoms with Crippen LogP contribution in [-0.4, -0.2) is 74.9 Å². The zero-order valence-corrected chi connectivity index (χ0v) is 20.2. The fraction of sp³-hybridized carbons (Fsp3) is 0.500. The number of methoxy groups -OCH3 is 1. The van der Waals surface area contributed by atoms with Gasteiger partial charge in [-0.15, -0.1) is 0 Å². The van der Waals surface area contributed by atoms with Gasteiger partial charge in [-0.3, -0.25) is 9.80 Å². The molecule has 0 spiro atoms. The van der Waals surface area contributed by atoms with E-state index in [9.17, 15) is 8.42 Å². The second-order valence-corrected chi connectivity index (χ2v) is 10.9. The summed E-state index contributed by atoms with van der Waals surface area (Å²) in [6, 6.07) is 15.5. The molecule has 0 amide bonds. The quantitative estimate of drug-likeness (QED) is 0.634. The van der Waals surface area contributed by atoms with E-state index in [0.717, 1.165) is 57.7 Å². The van der Waals surface area contributed by atoms with E-state index in [1.165, 1.54) is 5.56 Å². The van der Waals surface area contributed by atoms with Crippen LogP contribution in [-0.2, 0) is 16.6 Å². The van der Waals surface area contributed by atoms with E-state index in [1.54, 1.807) is 35.7 Å². The molecule has 0 atom stereocenters. The van der Waals surface area contributed by atoms with Gasteiger partial charge in [0.15, 0.2) is 0 Å². The first-order valence-electron chi connectivity index (χ1n) is 11.3. The van der Waals surface area contributed by atoms with Gasteiger partial charge in [-0.2, -0.15) is 4.31 Å². The van der Waals surface area contributed by atoms with Gasteiger partial charge in [0, 0.05) is 32.2 Å². The predicted octanol–water partition coefficient (Wildman–Crippen LogP) is 3.71. The van der Waals surface area contributed by atoms with Crippen LogP contribution in [0.4, 0.5) is 0 Å². The zero-order chi connectivity index (χ0) is 22.6. The Morgan fingerprint density at radius 3 is 2.34 bits per heavy atom. The third-order valence-electron chi connectivity index (χ3n) is 6.58. The highest BCUT2D eigenvalue weighted by molar-refractivity contribution is 7.89. The minimum Gasteiger partial charge on any atom is -0.497 e. The highest BCUT2D eigenvalue weighted by atomic mass is 35.5. The molecule has 174 valence electrons. The van der Waals surface area contributed by atoms with Crippen molar-refractivity contribution >= 4 is 21.6 Å². The number of piperidine rings is 1. The molecule has 6 nitrogen and oxygen atoms in total. The Labute approximate surface area is 196 Å². The lowest BCUT2D eigenvalue weighted by molar-refractivity contribution is 0.108. The molecular weight excluding hydrogens is 446 g/mol. The molecule has 32 heavy (non-hydrogen) atoms. The van der Waals surface area contributed by atoms with Crippen molar-refractivity contribution in [1.29, 1.82) is 0 Å². The first kappa shape index (κ1) is 23.5. The van der Waals surface area contributed by atoms with Crippen molar-refractivity contribution in [2.75, 3.05) is 46.4 Å². The zero-order valence-electron chi connectivity index (χ0n) is 18.6. The molecule has 2 heterocycles. The number of nitrogens with zero attached hydrogens (tertiary/aromatic N) is 3. The molecule has 8 heteroatoms.